The Morgan fingerprint density at radius 1 is 1.43 bits per heavy atom. The van der Waals surface area contributed by atoms with Crippen molar-refractivity contribution in [1.82, 2.24) is 20.1 Å². The Morgan fingerprint density at radius 2 is 2.29 bits per heavy atom. The molecule has 2 N–H and O–H groups in total. The van der Waals surface area contributed by atoms with E-state index in [1.807, 2.05) is 25.1 Å². The van der Waals surface area contributed by atoms with E-state index in [-0.39, 0.29) is 19.1 Å². The standard InChI is InChI=1S/C14H18N4O3/c1-11-12(14(20)16-6-8-21-9-7-19)10-17-18(11)13-4-2-3-5-15-13/h2-5,10,19H,6-9H2,1H3,(H,16,20). The van der Waals surface area contributed by atoms with Crippen molar-refractivity contribution >= 4 is 5.91 Å². The quantitative estimate of drug-likeness (QED) is 0.717. The Morgan fingerprint density at radius 3 is 3.00 bits per heavy atom. The van der Waals surface area contributed by atoms with E-state index in [2.05, 4.69) is 15.4 Å². The van der Waals surface area contributed by atoms with E-state index < -0.39 is 0 Å². The van der Waals surface area contributed by atoms with Crippen molar-refractivity contribution in [3.05, 3.63) is 41.9 Å². The molecule has 112 valence electrons. The van der Waals surface area contributed by atoms with Gasteiger partial charge in [-0.2, -0.15) is 5.10 Å². The third-order valence-electron chi connectivity index (χ3n) is 2.89. The Bertz CT molecular complexity index is 583. The maximum atomic E-state index is 12.1. The molecule has 1 amide bonds. The number of nitrogens with one attached hydrogen (secondary N) is 1. The van der Waals surface area contributed by atoms with Crippen molar-refractivity contribution in [2.45, 2.75) is 6.92 Å². The molecule has 0 unspecified atom stereocenters. The molecule has 7 nitrogen and oxygen atoms in total. The summed E-state index contributed by atoms with van der Waals surface area (Å²) in [5, 5.41) is 15.5. The smallest absolute Gasteiger partial charge is 0.254 e. The molecule has 0 aliphatic heterocycles. The fourth-order valence-corrected chi connectivity index (χ4v) is 1.84. The number of nitrogens with zero attached hydrogens (tertiary/aromatic N) is 3. The van der Waals surface area contributed by atoms with Crippen LogP contribution in [0.2, 0.25) is 0 Å². The van der Waals surface area contributed by atoms with Crippen LogP contribution >= 0.6 is 0 Å². The molecule has 2 aromatic rings. The largest absolute Gasteiger partial charge is 0.394 e. The SMILES string of the molecule is Cc1c(C(=O)NCCOCCO)cnn1-c1ccccn1. The van der Waals surface area contributed by atoms with Gasteiger partial charge in [0.15, 0.2) is 5.82 Å². The average Bonchev–Trinajstić information content (AvgIpc) is 2.89. The van der Waals surface area contributed by atoms with E-state index in [4.69, 9.17) is 9.84 Å². The zero-order chi connectivity index (χ0) is 15.1. The Kier molecular flexibility index (Phi) is 5.42. The summed E-state index contributed by atoms with van der Waals surface area (Å²) in [4.78, 5) is 16.3. The number of rotatable bonds is 7. The Hall–Kier alpha value is -2.25. The number of aliphatic hydroxyl groups excluding tert-OH is 1. The summed E-state index contributed by atoms with van der Waals surface area (Å²) in [5.74, 6) is 0.461. The third kappa shape index (κ3) is 3.87. The molecule has 2 rings (SSSR count). The second-order valence-corrected chi connectivity index (χ2v) is 4.34. The predicted octanol–water partition coefficient (Wildman–Crippen LogP) is 0.314. The fraction of sp³-hybridized carbons (Fsp3) is 0.357. The van der Waals surface area contributed by atoms with Gasteiger partial charge in [-0.3, -0.25) is 4.79 Å². The molecule has 2 heterocycles. The molecular formula is C14H18N4O3. The number of aromatic nitrogens is 3. The van der Waals surface area contributed by atoms with Crippen LogP contribution in [0.4, 0.5) is 0 Å². The molecule has 0 atom stereocenters. The van der Waals surface area contributed by atoms with Gasteiger partial charge in [-0.05, 0) is 19.1 Å². The third-order valence-corrected chi connectivity index (χ3v) is 2.89. The van der Waals surface area contributed by atoms with Crippen LogP contribution in [-0.2, 0) is 4.74 Å². The van der Waals surface area contributed by atoms with Crippen molar-refractivity contribution in [2.75, 3.05) is 26.4 Å². The molecule has 0 fully saturated rings. The summed E-state index contributed by atoms with van der Waals surface area (Å²) in [5.41, 5.74) is 1.23. The van der Waals surface area contributed by atoms with Gasteiger partial charge in [0.05, 0.1) is 37.3 Å². The van der Waals surface area contributed by atoms with Gasteiger partial charge in [0, 0.05) is 12.7 Å². The zero-order valence-electron chi connectivity index (χ0n) is 11.8. The molecule has 0 saturated carbocycles. The van der Waals surface area contributed by atoms with Crippen molar-refractivity contribution in [3.63, 3.8) is 0 Å². The minimum atomic E-state index is -0.206. The van der Waals surface area contributed by atoms with Gasteiger partial charge in [0.25, 0.3) is 5.91 Å². The topological polar surface area (TPSA) is 89.3 Å². The first-order chi connectivity index (χ1) is 10.2. The minimum Gasteiger partial charge on any atom is -0.394 e. The van der Waals surface area contributed by atoms with Crippen LogP contribution in [0.1, 0.15) is 16.1 Å². The van der Waals surface area contributed by atoms with E-state index in [9.17, 15) is 4.79 Å². The molecule has 21 heavy (non-hydrogen) atoms. The summed E-state index contributed by atoms with van der Waals surface area (Å²) in [7, 11) is 0. The molecule has 0 bridgehead atoms. The highest BCUT2D eigenvalue weighted by Gasteiger charge is 2.14. The minimum absolute atomic E-state index is 0.0239. The molecule has 0 saturated heterocycles. The van der Waals surface area contributed by atoms with E-state index >= 15 is 0 Å². The lowest BCUT2D eigenvalue weighted by Crippen LogP contribution is -2.28. The number of pyridine rings is 1. The van der Waals surface area contributed by atoms with Gasteiger partial charge in [0.1, 0.15) is 0 Å². The maximum absolute atomic E-state index is 12.1. The fourth-order valence-electron chi connectivity index (χ4n) is 1.84. The van der Waals surface area contributed by atoms with E-state index in [1.54, 1.807) is 10.9 Å². The average molecular weight is 290 g/mol. The van der Waals surface area contributed by atoms with Gasteiger partial charge in [-0.1, -0.05) is 6.07 Å². The zero-order valence-corrected chi connectivity index (χ0v) is 11.8. The number of hydrogen-bond acceptors (Lipinski definition) is 5. The number of ether oxygens (including phenoxy) is 1. The number of aliphatic hydroxyl groups is 1. The molecular weight excluding hydrogens is 272 g/mol. The van der Waals surface area contributed by atoms with Gasteiger partial charge in [-0.25, -0.2) is 9.67 Å². The lowest BCUT2D eigenvalue weighted by molar-refractivity contribution is 0.0837. The lowest BCUT2D eigenvalue weighted by atomic mass is 10.2. The first-order valence-electron chi connectivity index (χ1n) is 6.67. The highest BCUT2D eigenvalue weighted by Crippen LogP contribution is 2.11. The first-order valence-corrected chi connectivity index (χ1v) is 6.67. The number of hydrogen-bond donors (Lipinski definition) is 2. The van der Waals surface area contributed by atoms with E-state index in [0.29, 0.717) is 24.5 Å². The van der Waals surface area contributed by atoms with Crippen molar-refractivity contribution in [3.8, 4) is 5.82 Å². The predicted molar refractivity (Wildman–Crippen MR) is 76.3 cm³/mol. The monoisotopic (exact) mass is 290 g/mol. The highest BCUT2D eigenvalue weighted by molar-refractivity contribution is 5.95. The van der Waals surface area contributed by atoms with E-state index in [0.717, 1.165) is 5.69 Å². The van der Waals surface area contributed by atoms with Crippen LogP contribution in [0, 0.1) is 6.92 Å². The summed E-state index contributed by atoms with van der Waals surface area (Å²) in [6, 6.07) is 5.51. The van der Waals surface area contributed by atoms with Crippen molar-refractivity contribution in [2.24, 2.45) is 0 Å². The Balaban J connectivity index is 1.98. The van der Waals surface area contributed by atoms with Crippen LogP contribution in [-0.4, -0.2) is 52.1 Å². The molecule has 0 aromatic carbocycles. The maximum Gasteiger partial charge on any atom is 0.254 e. The summed E-state index contributed by atoms with van der Waals surface area (Å²) in [6.07, 6.45) is 3.20. The number of amides is 1. The van der Waals surface area contributed by atoms with Crippen LogP contribution in [0.3, 0.4) is 0 Å². The number of carbonyl (C=O) groups excluding carboxylic acids is 1. The van der Waals surface area contributed by atoms with Crippen LogP contribution < -0.4 is 5.32 Å². The van der Waals surface area contributed by atoms with Crippen molar-refractivity contribution < 1.29 is 14.6 Å². The van der Waals surface area contributed by atoms with Gasteiger partial charge in [-0.15, -0.1) is 0 Å². The lowest BCUT2D eigenvalue weighted by Gasteiger charge is -2.06. The second-order valence-electron chi connectivity index (χ2n) is 4.34. The van der Waals surface area contributed by atoms with Gasteiger partial charge >= 0.3 is 0 Å². The molecule has 0 aliphatic rings. The second kappa shape index (κ2) is 7.51. The normalized spacial score (nSPS) is 10.6. The number of carbonyl (C=O) groups is 1. The molecule has 7 heteroatoms. The van der Waals surface area contributed by atoms with Crippen LogP contribution in [0.5, 0.6) is 0 Å². The first kappa shape index (κ1) is 15.1. The highest BCUT2D eigenvalue weighted by atomic mass is 16.5. The van der Waals surface area contributed by atoms with Crippen LogP contribution in [0.15, 0.2) is 30.6 Å². The Labute approximate surface area is 122 Å². The van der Waals surface area contributed by atoms with E-state index in [1.165, 1.54) is 6.20 Å². The van der Waals surface area contributed by atoms with Crippen LogP contribution in [0.25, 0.3) is 5.82 Å². The molecule has 0 radical (unpaired) electrons. The summed E-state index contributed by atoms with van der Waals surface area (Å²) >= 11 is 0. The van der Waals surface area contributed by atoms with Crippen molar-refractivity contribution in [1.29, 1.82) is 0 Å². The van der Waals surface area contributed by atoms with Gasteiger partial charge in [0.2, 0.25) is 0 Å². The summed E-state index contributed by atoms with van der Waals surface area (Å²) < 4.78 is 6.70. The summed E-state index contributed by atoms with van der Waals surface area (Å²) in [6.45, 7) is 2.81. The molecule has 0 spiro atoms. The van der Waals surface area contributed by atoms with Gasteiger partial charge < -0.3 is 15.2 Å². The molecule has 0 aliphatic carbocycles. The molecule has 2 aromatic heterocycles.